The van der Waals surface area contributed by atoms with Crippen LogP contribution >= 0.6 is 0 Å². The predicted octanol–water partition coefficient (Wildman–Crippen LogP) is 5.12. The van der Waals surface area contributed by atoms with Crippen LogP contribution in [0.1, 0.15) is 34.1 Å². The van der Waals surface area contributed by atoms with Crippen molar-refractivity contribution in [3.63, 3.8) is 0 Å². The fourth-order valence-corrected chi connectivity index (χ4v) is 4.56. The molecule has 0 spiro atoms. The predicted molar refractivity (Wildman–Crippen MR) is 133 cm³/mol. The van der Waals surface area contributed by atoms with E-state index in [-0.39, 0.29) is 28.6 Å². The summed E-state index contributed by atoms with van der Waals surface area (Å²) >= 11 is 0. The molecule has 0 aliphatic carbocycles. The molecule has 1 unspecified atom stereocenters. The Morgan fingerprint density at radius 3 is 2.39 bits per heavy atom. The molecule has 10 nitrogen and oxygen atoms in total. The molecule has 184 valence electrons. The Balaban J connectivity index is 1.58. The third-order valence-corrected chi connectivity index (χ3v) is 6.71. The number of ketones is 1. The number of nitrogens with one attached hydrogen (secondary N) is 2. The number of carbonyl (C=O) groups excluding carboxylic acids is 1. The van der Waals surface area contributed by atoms with E-state index in [2.05, 4.69) is 15.2 Å². The number of hydrogen-bond donors (Lipinski definition) is 2. The van der Waals surface area contributed by atoms with Gasteiger partial charge < -0.3 is 9.84 Å². The first-order chi connectivity index (χ1) is 17.2. The molecule has 1 aromatic heterocycles. The van der Waals surface area contributed by atoms with Gasteiger partial charge in [-0.1, -0.05) is 47.6 Å². The van der Waals surface area contributed by atoms with Crippen LogP contribution in [0.3, 0.4) is 0 Å². The van der Waals surface area contributed by atoms with Crippen LogP contribution in [0.25, 0.3) is 0 Å². The molecule has 0 saturated carbocycles. The number of sulfonamides is 1. The molecule has 11 heteroatoms. The van der Waals surface area contributed by atoms with Gasteiger partial charge in [0.25, 0.3) is 15.7 Å². The lowest BCUT2D eigenvalue weighted by Crippen LogP contribution is -2.16. The molecule has 4 aromatic rings. The molecule has 1 atom stereocenters. The van der Waals surface area contributed by atoms with E-state index in [0.717, 1.165) is 0 Å². The van der Waals surface area contributed by atoms with Gasteiger partial charge in [0.15, 0.2) is 11.6 Å². The van der Waals surface area contributed by atoms with Gasteiger partial charge in [-0.25, -0.2) is 8.42 Å². The van der Waals surface area contributed by atoms with Crippen molar-refractivity contribution in [2.75, 3.05) is 10.0 Å². The summed E-state index contributed by atoms with van der Waals surface area (Å²) in [5.41, 5.74) is 1.50. The first-order valence-electron chi connectivity index (χ1n) is 10.9. The van der Waals surface area contributed by atoms with Gasteiger partial charge in [0.05, 0.1) is 15.9 Å². The number of nitro groups is 1. The van der Waals surface area contributed by atoms with E-state index in [9.17, 15) is 23.3 Å². The Hall–Kier alpha value is -4.51. The van der Waals surface area contributed by atoms with E-state index in [4.69, 9.17) is 4.52 Å². The van der Waals surface area contributed by atoms with Crippen LogP contribution in [0.4, 0.5) is 17.2 Å². The normalized spacial score (nSPS) is 12.0. The minimum absolute atomic E-state index is 0.000893. The Kier molecular flexibility index (Phi) is 7.11. The largest absolute Gasteiger partial charge is 0.378 e. The standard InChI is InChI=1S/C25H22N4O6S/c1-17-14-25(27-35-17)28-36(33,34)22-12-10-20(11-13-22)26-23(16-24(30)18-6-3-2-4-7-18)19-8-5-9-21(15-19)29(31)32/h2-15,23,26H,16H2,1H3,(H,27,28). The van der Waals surface area contributed by atoms with Crippen molar-refractivity contribution in [1.29, 1.82) is 0 Å². The van der Waals surface area contributed by atoms with Gasteiger partial charge in [-0.2, -0.15) is 0 Å². The monoisotopic (exact) mass is 506 g/mol. The summed E-state index contributed by atoms with van der Waals surface area (Å²) in [6.07, 6.45) is 0.0261. The third-order valence-electron chi connectivity index (χ3n) is 5.34. The topological polar surface area (TPSA) is 144 Å². The highest BCUT2D eigenvalue weighted by molar-refractivity contribution is 7.92. The summed E-state index contributed by atoms with van der Waals surface area (Å²) in [7, 11) is -3.90. The molecule has 0 amide bonds. The molecule has 3 aromatic carbocycles. The van der Waals surface area contributed by atoms with Crippen molar-refractivity contribution in [3.05, 3.63) is 112 Å². The maximum atomic E-state index is 12.9. The van der Waals surface area contributed by atoms with Gasteiger partial charge in [-0.15, -0.1) is 0 Å². The van der Waals surface area contributed by atoms with Gasteiger partial charge >= 0.3 is 0 Å². The van der Waals surface area contributed by atoms with Crippen molar-refractivity contribution in [1.82, 2.24) is 5.16 Å². The molecule has 2 N–H and O–H groups in total. The average Bonchev–Trinajstić information content (AvgIpc) is 3.28. The Morgan fingerprint density at radius 1 is 1.03 bits per heavy atom. The molecule has 0 radical (unpaired) electrons. The SMILES string of the molecule is Cc1cc(NS(=O)(=O)c2ccc(NC(CC(=O)c3ccccc3)c3cccc([N+](=O)[O-])c3)cc2)no1. The fraction of sp³-hybridized carbons (Fsp3) is 0.120. The van der Waals surface area contributed by atoms with Gasteiger partial charge in [-0.3, -0.25) is 19.6 Å². The zero-order valence-electron chi connectivity index (χ0n) is 19.1. The molecule has 0 saturated heterocycles. The molecule has 1 heterocycles. The van der Waals surface area contributed by atoms with E-state index < -0.39 is 21.0 Å². The summed E-state index contributed by atoms with van der Waals surface area (Å²) in [4.78, 5) is 23.7. The minimum Gasteiger partial charge on any atom is -0.378 e. The second kappa shape index (κ2) is 10.4. The Morgan fingerprint density at radius 2 is 1.75 bits per heavy atom. The molecular weight excluding hydrogens is 484 g/mol. The number of rotatable bonds is 10. The second-order valence-electron chi connectivity index (χ2n) is 8.00. The lowest BCUT2D eigenvalue weighted by Gasteiger charge is -2.20. The first-order valence-corrected chi connectivity index (χ1v) is 12.3. The van der Waals surface area contributed by atoms with Gasteiger partial charge in [0.1, 0.15) is 5.76 Å². The number of aryl methyl sites for hydroxylation is 1. The molecule has 4 rings (SSSR count). The van der Waals surface area contributed by atoms with Gasteiger partial charge in [-0.05, 0) is 36.8 Å². The van der Waals surface area contributed by atoms with Gasteiger partial charge in [0, 0.05) is 35.9 Å². The average molecular weight is 507 g/mol. The summed E-state index contributed by atoms with van der Waals surface area (Å²) in [6, 6.07) is 21.6. The highest BCUT2D eigenvalue weighted by Gasteiger charge is 2.21. The van der Waals surface area contributed by atoms with Crippen LogP contribution in [0, 0.1) is 17.0 Å². The minimum atomic E-state index is -3.90. The number of nitro benzene ring substituents is 1. The van der Waals surface area contributed by atoms with E-state index in [1.165, 1.54) is 30.3 Å². The molecule has 36 heavy (non-hydrogen) atoms. The summed E-state index contributed by atoms with van der Waals surface area (Å²) in [5.74, 6) is 0.384. The number of hydrogen-bond acceptors (Lipinski definition) is 8. The first kappa shape index (κ1) is 24.6. The highest BCUT2D eigenvalue weighted by atomic mass is 32.2. The van der Waals surface area contributed by atoms with E-state index in [1.54, 1.807) is 61.5 Å². The number of non-ortho nitro benzene ring substituents is 1. The van der Waals surface area contributed by atoms with Crippen molar-refractivity contribution in [2.45, 2.75) is 24.3 Å². The Bertz CT molecular complexity index is 1480. The van der Waals surface area contributed by atoms with Crippen LogP contribution in [-0.2, 0) is 10.0 Å². The number of Topliss-reactive ketones (excluding diaryl/α,β-unsaturated/α-hetero) is 1. The summed E-state index contributed by atoms with van der Waals surface area (Å²) in [6.45, 7) is 1.64. The van der Waals surface area contributed by atoms with Crippen LogP contribution in [-0.4, -0.2) is 24.3 Å². The number of benzene rings is 3. The molecule has 0 aliphatic rings. The van der Waals surface area contributed by atoms with Crippen molar-refractivity contribution >= 4 is 33.0 Å². The quantitative estimate of drug-likeness (QED) is 0.171. The van der Waals surface area contributed by atoms with E-state index in [1.807, 2.05) is 0 Å². The lowest BCUT2D eigenvalue weighted by atomic mass is 9.97. The molecule has 0 aliphatic heterocycles. The zero-order chi connectivity index (χ0) is 25.7. The Labute approximate surface area is 207 Å². The molecule has 0 bridgehead atoms. The van der Waals surface area contributed by atoms with E-state index >= 15 is 0 Å². The van der Waals surface area contributed by atoms with Crippen LogP contribution in [0.2, 0.25) is 0 Å². The lowest BCUT2D eigenvalue weighted by molar-refractivity contribution is -0.384. The maximum Gasteiger partial charge on any atom is 0.269 e. The van der Waals surface area contributed by atoms with Crippen LogP contribution < -0.4 is 10.0 Å². The smallest absolute Gasteiger partial charge is 0.269 e. The second-order valence-corrected chi connectivity index (χ2v) is 9.68. The van der Waals surface area contributed by atoms with Crippen molar-refractivity contribution in [3.8, 4) is 0 Å². The molecule has 0 fully saturated rings. The molecular formula is C25H22N4O6S. The van der Waals surface area contributed by atoms with Crippen LogP contribution in [0.5, 0.6) is 0 Å². The van der Waals surface area contributed by atoms with Crippen LogP contribution in [0.15, 0.2) is 94.3 Å². The summed E-state index contributed by atoms with van der Waals surface area (Å²) in [5, 5.41) is 18.1. The van der Waals surface area contributed by atoms with E-state index in [0.29, 0.717) is 22.6 Å². The van der Waals surface area contributed by atoms with Gasteiger partial charge in [0.2, 0.25) is 0 Å². The third kappa shape index (κ3) is 5.94. The summed E-state index contributed by atoms with van der Waals surface area (Å²) < 4.78 is 32.5. The maximum absolute atomic E-state index is 12.9. The number of anilines is 2. The van der Waals surface area contributed by atoms with Crippen molar-refractivity contribution in [2.24, 2.45) is 0 Å². The zero-order valence-corrected chi connectivity index (χ0v) is 19.9. The van der Waals surface area contributed by atoms with Crippen molar-refractivity contribution < 1.29 is 22.7 Å². The highest BCUT2D eigenvalue weighted by Crippen LogP contribution is 2.28. The number of aromatic nitrogens is 1. The number of carbonyl (C=O) groups is 1. The number of nitrogens with zero attached hydrogens (tertiary/aromatic N) is 2. The fourth-order valence-electron chi connectivity index (χ4n) is 3.58.